The van der Waals surface area contributed by atoms with Gasteiger partial charge in [0.05, 0.1) is 34.7 Å². The van der Waals surface area contributed by atoms with E-state index in [0.717, 1.165) is 54.9 Å². The number of nitrogens with zero attached hydrogens (tertiary/aromatic N) is 7. The van der Waals surface area contributed by atoms with Crippen LogP contribution in [0.3, 0.4) is 0 Å². The zero-order valence-corrected chi connectivity index (χ0v) is 33.6. The number of hydrogen-bond donors (Lipinski definition) is 1. The van der Waals surface area contributed by atoms with Crippen LogP contribution < -0.4 is 10.1 Å². The molecule has 278 valence electrons. The predicted molar refractivity (Wildman–Crippen MR) is 208 cm³/mol. The first kappa shape index (κ1) is 36.9. The Labute approximate surface area is 314 Å². The number of carbonyl (C=O) groups excluding carboxylic acids is 1. The number of benzene rings is 1. The lowest BCUT2D eigenvalue weighted by Crippen LogP contribution is -2.44. The lowest BCUT2D eigenvalue weighted by atomic mass is 9.84. The second-order valence-electron chi connectivity index (χ2n) is 17.6. The van der Waals surface area contributed by atoms with Gasteiger partial charge in [0.15, 0.2) is 14.1 Å². The molecule has 0 spiro atoms. The van der Waals surface area contributed by atoms with Crippen LogP contribution in [0.5, 0.6) is 5.75 Å². The highest BCUT2D eigenvalue weighted by atomic mass is 28.4. The topological polar surface area (TPSA) is 131 Å². The summed E-state index contributed by atoms with van der Waals surface area (Å²) in [4.78, 5) is 26.9. The molecule has 1 saturated carbocycles. The third kappa shape index (κ3) is 7.27. The van der Waals surface area contributed by atoms with Crippen LogP contribution in [0.4, 0.5) is 5.82 Å². The van der Waals surface area contributed by atoms with Crippen molar-refractivity contribution in [3.8, 4) is 34.5 Å². The van der Waals surface area contributed by atoms with Crippen molar-refractivity contribution in [3.63, 3.8) is 0 Å². The van der Waals surface area contributed by atoms with Gasteiger partial charge in [-0.05, 0) is 86.1 Å². The molecule has 11 nitrogen and oxygen atoms in total. The summed E-state index contributed by atoms with van der Waals surface area (Å²) in [5, 5.41) is 21.4. The number of piperidine rings is 1. The normalized spacial score (nSPS) is 19.3. The van der Waals surface area contributed by atoms with E-state index in [1.165, 1.54) is 12.8 Å². The second kappa shape index (κ2) is 13.4. The number of ether oxygens (including phenoxy) is 1. The molecular weight excluding hydrogens is 681 g/mol. The molecule has 1 aliphatic carbocycles. The zero-order chi connectivity index (χ0) is 37.9. The van der Waals surface area contributed by atoms with Gasteiger partial charge in [-0.15, -0.1) is 10.2 Å². The smallest absolute Gasteiger partial charge is 0.260 e. The predicted octanol–water partition coefficient (Wildman–Crippen LogP) is 7.98. The molecule has 3 aromatic heterocycles. The van der Waals surface area contributed by atoms with E-state index in [0.29, 0.717) is 52.3 Å². The van der Waals surface area contributed by atoms with Gasteiger partial charge in [0.1, 0.15) is 24.0 Å². The summed E-state index contributed by atoms with van der Waals surface area (Å²) in [5.41, 5.74) is 5.03. The first-order chi connectivity index (χ1) is 25.0. The fraction of sp³-hybridized carbons (Fsp3) is 0.512. The Morgan fingerprint density at radius 2 is 1.94 bits per heavy atom. The van der Waals surface area contributed by atoms with Gasteiger partial charge in [-0.2, -0.15) is 5.26 Å². The molecule has 1 N–H and O–H groups in total. The molecule has 1 saturated heterocycles. The molecule has 5 heterocycles. The molecule has 2 aliphatic heterocycles. The molecule has 2 fully saturated rings. The molecule has 3 aliphatic rings. The monoisotopic (exact) mass is 732 g/mol. The molecule has 0 radical (unpaired) electrons. The van der Waals surface area contributed by atoms with Crippen LogP contribution in [0.25, 0.3) is 22.6 Å². The third-order valence-corrected chi connectivity index (χ3v) is 16.1. The van der Waals surface area contributed by atoms with Crippen molar-refractivity contribution in [1.82, 2.24) is 29.6 Å². The van der Waals surface area contributed by atoms with E-state index in [1.54, 1.807) is 23.2 Å². The number of nitriles is 1. The number of fused-ring (bicyclic) bond motifs is 1. The molecule has 0 unspecified atom stereocenters. The Morgan fingerprint density at radius 3 is 2.60 bits per heavy atom. The number of hydrogen-bond acceptors (Lipinski definition) is 9. The summed E-state index contributed by atoms with van der Waals surface area (Å²) >= 11 is 0. The number of nitrogens with one attached hydrogen (secondary N) is 1. The largest absolute Gasteiger partial charge is 0.492 e. The molecule has 7 rings (SSSR count). The Kier molecular flexibility index (Phi) is 9.36. The van der Waals surface area contributed by atoms with Crippen molar-refractivity contribution in [1.29, 1.82) is 5.26 Å². The highest BCUT2D eigenvalue weighted by molar-refractivity contribution is 6.74. The standard InChI is InChI=1S/C41H52N8O3Si/c1-26-11-10-14-49(22-26)23-27-15-31(36-32(17-27)40(5,6)24-51-36)38(50)46-34-19-29(18-33(45-34)41(12-13-41)52-53(8,9)39(2,3)4)35-30(16-28(20-42)21-43-35)37-47-44-25-48(37)7/h15-19,21,25-26H,10-14,22-24H2,1-9H3,(H,45,46,50)/t26-/m0/s1. The average molecular weight is 733 g/mol. The van der Waals surface area contributed by atoms with Gasteiger partial charge in [-0.1, -0.05) is 47.6 Å². The van der Waals surface area contributed by atoms with E-state index in [-0.39, 0.29) is 16.4 Å². The summed E-state index contributed by atoms with van der Waals surface area (Å²) < 4.78 is 15.2. The molecule has 1 aromatic carbocycles. The van der Waals surface area contributed by atoms with Gasteiger partial charge in [0.25, 0.3) is 5.91 Å². The van der Waals surface area contributed by atoms with Crippen molar-refractivity contribution in [2.24, 2.45) is 13.0 Å². The fourth-order valence-electron chi connectivity index (χ4n) is 7.39. The molecule has 53 heavy (non-hydrogen) atoms. The lowest BCUT2D eigenvalue weighted by molar-refractivity contribution is 0.102. The molecule has 12 heteroatoms. The summed E-state index contributed by atoms with van der Waals surface area (Å²) in [7, 11) is -0.353. The van der Waals surface area contributed by atoms with Crippen molar-refractivity contribution in [2.45, 2.75) is 103 Å². The average Bonchev–Trinajstić information content (AvgIpc) is 3.63. The van der Waals surface area contributed by atoms with Crippen LogP contribution in [-0.4, -0.2) is 63.6 Å². The highest BCUT2D eigenvalue weighted by Gasteiger charge is 2.53. The number of amides is 1. The van der Waals surface area contributed by atoms with Crippen LogP contribution in [0.2, 0.25) is 18.1 Å². The third-order valence-electron chi connectivity index (χ3n) is 11.6. The Bertz CT molecular complexity index is 2110. The van der Waals surface area contributed by atoms with Crippen molar-refractivity contribution < 1.29 is 14.0 Å². The first-order valence-electron chi connectivity index (χ1n) is 18.8. The molecular formula is C41H52N8O3Si. The van der Waals surface area contributed by atoms with E-state index in [1.807, 2.05) is 25.2 Å². The maximum Gasteiger partial charge on any atom is 0.260 e. The number of carbonyl (C=O) groups is 1. The summed E-state index contributed by atoms with van der Waals surface area (Å²) in [6.45, 7) is 21.3. The zero-order valence-electron chi connectivity index (χ0n) is 32.6. The van der Waals surface area contributed by atoms with E-state index < -0.39 is 13.9 Å². The van der Waals surface area contributed by atoms with Gasteiger partial charge < -0.3 is 19.0 Å². The summed E-state index contributed by atoms with van der Waals surface area (Å²) in [6.07, 6.45) is 7.27. The van der Waals surface area contributed by atoms with Gasteiger partial charge in [0, 0.05) is 48.4 Å². The van der Waals surface area contributed by atoms with Gasteiger partial charge in [-0.3, -0.25) is 14.7 Å². The number of rotatable bonds is 9. The number of aryl methyl sites for hydroxylation is 1. The molecule has 1 atom stereocenters. The maximum atomic E-state index is 14.5. The lowest BCUT2D eigenvalue weighted by Gasteiger charge is -2.39. The second-order valence-corrected chi connectivity index (χ2v) is 22.3. The Morgan fingerprint density at radius 1 is 1.17 bits per heavy atom. The van der Waals surface area contributed by atoms with Crippen LogP contribution in [0.1, 0.15) is 100.0 Å². The minimum atomic E-state index is -2.21. The van der Waals surface area contributed by atoms with Crippen LogP contribution >= 0.6 is 0 Å². The van der Waals surface area contributed by atoms with Gasteiger partial charge in [0.2, 0.25) is 0 Å². The molecule has 4 aromatic rings. The Balaban J connectivity index is 1.32. The minimum Gasteiger partial charge on any atom is -0.492 e. The number of aromatic nitrogens is 5. The quantitative estimate of drug-likeness (QED) is 0.170. The number of likely N-dealkylation sites (tertiary alicyclic amines) is 1. The van der Waals surface area contributed by atoms with Crippen LogP contribution in [0.15, 0.2) is 42.9 Å². The highest BCUT2D eigenvalue weighted by Crippen LogP contribution is 2.54. The van der Waals surface area contributed by atoms with Crippen molar-refractivity contribution in [2.75, 3.05) is 25.0 Å². The van der Waals surface area contributed by atoms with E-state index in [2.05, 4.69) is 87.2 Å². The van der Waals surface area contributed by atoms with Crippen molar-refractivity contribution in [3.05, 3.63) is 70.8 Å². The van der Waals surface area contributed by atoms with Gasteiger partial charge in [-0.25, -0.2) is 4.98 Å². The summed E-state index contributed by atoms with van der Waals surface area (Å²) in [5.74, 6) is 1.98. The van der Waals surface area contributed by atoms with Crippen molar-refractivity contribution >= 4 is 20.0 Å². The summed E-state index contributed by atoms with van der Waals surface area (Å²) in [6, 6.07) is 12.1. The van der Waals surface area contributed by atoms with E-state index in [4.69, 9.17) is 19.1 Å². The van der Waals surface area contributed by atoms with E-state index >= 15 is 0 Å². The maximum absolute atomic E-state index is 14.5. The van der Waals surface area contributed by atoms with Crippen LogP contribution in [-0.2, 0) is 29.0 Å². The van der Waals surface area contributed by atoms with Crippen LogP contribution in [0, 0.1) is 17.2 Å². The minimum absolute atomic E-state index is 0.00426. The van der Waals surface area contributed by atoms with Gasteiger partial charge >= 0.3 is 0 Å². The SMILES string of the molecule is C[C@H]1CCCN(Cc2cc(C(=O)Nc3cc(-c4ncc(C#N)cc4-c4nncn4C)cc(C4(O[Si](C)(C)C(C)(C)C)CC4)n3)c3c(c2)C(C)(C)CO3)C1. The number of pyridine rings is 2. The molecule has 1 amide bonds. The van der Waals surface area contributed by atoms with E-state index in [9.17, 15) is 10.1 Å². The first-order valence-corrected chi connectivity index (χ1v) is 21.7. The fourth-order valence-corrected chi connectivity index (χ4v) is 8.98. The number of anilines is 1. The Hall–Kier alpha value is -4.44. The molecule has 0 bridgehead atoms.